The number of likely N-dealkylation sites (tertiary alicyclic amines) is 2. The first-order valence-corrected chi connectivity index (χ1v) is 9.99. The quantitative estimate of drug-likeness (QED) is 0.881. The van der Waals surface area contributed by atoms with Crippen LogP contribution in [-0.2, 0) is 9.59 Å². The second-order valence-electron chi connectivity index (χ2n) is 7.64. The summed E-state index contributed by atoms with van der Waals surface area (Å²) in [5.74, 6) is 0.546. The van der Waals surface area contributed by atoms with Crippen molar-refractivity contribution in [3.63, 3.8) is 0 Å². The molecule has 3 rings (SSSR count). The normalized spacial score (nSPS) is 20.6. The fraction of sp³-hybridized carbons (Fsp3) is 0.619. The summed E-state index contributed by atoms with van der Waals surface area (Å²) in [4.78, 5) is 29.2. The highest BCUT2D eigenvalue weighted by Crippen LogP contribution is 2.22. The zero-order valence-corrected chi connectivity index (χ0v) is 15.8. The molecule has 0 aliphatic carbocycles. The molecule has 1 atom stereocenters. The maximum atomic E-state index is 12.6. The number of nitrogens with zero attached hydrogens (tertiary/aromatic N) is 2. The highest BCUT2D eigenvalue weighted by Gasteiger charge is 2.29. The van der Waals surface area contributed by atoms with Gasteiger partial charge in [0, 0.05) is 19.0 Å². The van der Waals surface area contributed by atoms with E-state index in [4.69, 9.17) is 0 Å². The number of carbonyl (C=O) groups is 2. The molecule has 2 fully saturated rings. The van der Waals surface area contributed by atoms with Crippen molar-refractivity contribution in [3.05, 3.63) is 35.9 Å². The molecule has 2 amide bonds. The van der Waals surface area contributed by atoms with Crippen molar-refractivity contribution < 1.29 is 9.59 Å². The van der Waals surface area contributed by atoms with Crippen molar-refractivity contribution in [2.24, 2.45) is 5.92 Å². The molecule has 2 heterocycles. The molecule has 1 N–H and O–H groups in total. The molecule has 2 saturated heterocycles. The second kappa shape index (κ2) is 9.17. The molecule has 1 aromatic carbocycles. The largest absolute Gasteiger partial charge is 0.348 e. The average molecular weight is 357 g/mol. The van der Waals surface area contributed by atoms with Crippen LogP contribution in [0.3, 0.4) is 0 Å². The Labute approximate surface area is 156 Å². The molecule has 1 aromatic rings. The van der Waals surface area contributed by atoms with Gasteiger partial charge in [-0.15, -0.1) is 0 Å². The first kappa shape index (κ1) is 18.9. The first-order chi connectivity index (χ1) is 12.6. The molecular weight excluding hydrogens is 326 g/mol. The Morgan fingerprint density at radius 2 is 1.69 bits per heavy atom. The van der Waals surface area contributed by atoms with Gasteiger partial charge in [0.2, 0.25) is 11.8 Å². The maximum absolute atomic E-state index is 12.6. The predicted octanol–water partition coefficient (Wildman–Crippen LogP) is 2.59. The Morgan fingerprint density at radius 1 is 1.04 bits per heavy atom. The van der Waals surface area contributed by atoms with Crippen LogP contribution in [0, 0.1) is 5.92 Å². The van der Waals surface area contributed by atoms with Gasteiger partial charge in [-0.1, -0.05) is 30.3 Å². The summed E-state index contributed by atoms with van der Waals surface area (Å²) in [6, 6.07) is 10.0. The summed E-state index contributed by atoms with van der Waals surface area (Å²) in [7, 11) is 0. The van der Waals surface area contributed by atoms with Crippen LogP contribution in [0.2, 0.25) is 0 Å². The summed E-state index contributed by atoms with van der Waals surface area (Å²) >= 11 is 0. The summed E-state index contributed by atoms with van der Waals surface area (Å²) < 4.78 is 0. The van der Waals surface area contributed by atoms with E-state index in [0.29, 0.717) is 12.5 Å². The lowest BCUT2D eigenvalue weighted by molar-refractivity contribution is -0.138. The van der Waals surface area contributed by atoms with Crippen molar-refractivity contribution in [2.45, 2.75) is 45.1 Å². The summed E-state index contributed by atoms with van der Waals surface area (Å²) in [6.45, 7) is 5.95. The van der Waals surface area contributed by atoms with Crippen molar-refractivity contribution in [3.8, 4) is 0 Å². The molecule has 2 aliphatic rings. The van der Waals surface area contributed by atoms with Crippen LogP contribution in [0.5, 0.6) is 0 Å². The van der Waals surface area contributed by atoms with E-state index < -0.39 is 0 Å². The molecule has 1 unspecified atom stereocenters. The Bertz CT molecular complexity index is 591. The Hall–Kier alpha value is -1.88. The van der Waals surface area contributed by atoms with Gasteiger partial charge in [0.05, 0.1) is 12.6 Å². The fourth-order valence-corrected chi connectivity index (χ4v) is 4.03. The van der Waals surface area contributed by atoms with E-state index in [9.17, 15) is 9.59 Å². The van der Waals surface area contributed by atoms with E-state index in [0.717, 1.165) is 57.4 Å². The van der Waals surface area contributed by atoms with E-state index >= 15 is 0 Å². The molecular formula is C21H31N3O2. The number of nitrogens with one attached hydrogen (secondary N) is 1. The topological polar surface area (TPSA) is 52.7 Å². The number of carbonyl (C=O) groups excluding carboxylic acids is 2. The third-order valence-electron chi connectivity index (χ3n) is 5.65. The van der Waals surface area contributed by atoms with Gasteiger partial charge in [0.1, 0.15) is 0 Å². The van der Waals surface area contributed by atoms with Gasteiger partial charge < -0.3 is 10.2 Å². The number of hydrogen-bond acceptors (Lipinski definition) is 3. The predicted molar refractivity (Wildman–Crippen MR) is 103 cm³/mol. The minimum absolute atomic E-state index is 0.0157. The zero-order chi connectivity index (χ0) is 18.4. The molecule has 0 spiro atoms. The Kier molecular flexibility index (Phi) is 6.67. The van der Waals surface area contributed by atoms with Crippen molar-refractivity contribution in [2.75, 3.05) is 32.7 Å². The van der Waals surface area contributed by atoms with E-state index in [-0.39, 0.29) is 17.9 Å². The lowest BCUT2D eigenvalue weighted by Gasteiger charge is -2.35. The molecule has 0 saturated carbocycles. The van der Waals surface area contributed by atoms with E-state index in [2.05, 4.69) is 15.1 Å². The molecule has 26 heavy (non-hydrogen) atoms. The van der Waals surface area contributed by atoms with E-state index in [1.54, 1.807) is 0 Å². The van der Waals surface area contributed by atoms with E-state index in [1.165, 1.54) is 6.42 Å². The van der Waals surface area contributed by atoms with Crippen LogP contribution in [0.15, 0.2) is 30.3 Å². The van der Waals surface area contributed by atoms with Crippen molar-refractivity contribution in [1.82, 2.24) is 15.1 Å². The molecule has 142 valence electrons. The van der Waals surface area contributed by atoms with Crippen molar-refractivity contribution >= 4 is 11.8 Å². The zero-order valence-electron chi connectivity index (χ0n) is 15.8. The minimum Gasteiger partial charge on any atom is -0.348 e. The number of rotatable bonds is 5. The molecule has 5 heteroatoms. The number of piperidine rings is 2. The molecule has 0 bridgehead atoms. The summed E-state index contributed by atoms with van der Waals surface area (Å²) in [6.07, 6.45) is 5.28. The van der Waals surface area contributed by atoms with Crippen LogP contribution in [0.1, 0.15) is 50.6 Å². The Morgan fingerprint density at radius 3 is 2.35 bits per heavy atom. The first-order valence-electron chi connectivity index (χ1n) is 9.99. The van der Waals surface area contributed by atoms with Crippen molar-refractivity contribution in [1.29, 1.82) is 0 Å². The average Bonchev–Trinajstić information content (AvgIpc) is 2.69. The van der Waals surface area contributed by atoms with Crippen LogP contribution >= 0.6 is 0 Å². The number of hydrogen-bond donors (Lipinski definition) is 1. The second-order valence-corrected chi connectivity index (χ2v) is 7.64. The molecule has 2 aliphatic heterocycles. The monoisotopic (exact) mass is 357 g/mol. The summed E-state index contributed by atoms with van der Waals surface area (Å²) in [5.41, 5.74) is 1.12. The SMILES string of the molecule is CC(NC(=O)CN1CCC(C(=O)N2CCCCC2)CC1)c1ccccc1. The number of amides is 2. The van der Waals surface area contributed by atoms with Crippen LogP contribution in [0.25, 0.3) is 0 Å². The number of benzene rings is 1. The lowest BCUT2D eigenvalue weighted by Crippen LogP contribution is -2.46. The highest BCUT2D eigenvalue weighted by molar-refractivity contribution is 5.80. The molecule has 5 nitrogen and oxygen atoms in total. The minimum atomic E-state index is 0.0157. The molecule has 0 radical (unpaired) electrons. The van der Waals surface area contributed by atoms with Gasteiger partial charge in [-0.05, 0) is 57.7 Å². The van der Waals surface area contributed by atoms with E-state index in [1.807, 2.05) is 37.3 Å². The van der Waals surface area contributed by atoms with Crippen LogP contribution in [-0.4, -0.2) is 54.3 Å². The fourth-order valence-electron chi connectivity index (χ4n) is 4.03. The Balaban J connectivity index is 1.40. The van der Waals surface area contributed by atoms with Crippen LogP contribution < -0.4 is 5.32 Å². The van der Waals surface area contributed by atoms with Crippen LogP contribution in [0.4, 0.5) is 0 Å². The third-order valence-corrected chi connectivity index (χ3v) is 5.65. The highest BCUT2D eigenvalue weighted by atomic mass is 16.2. The maximum Gasteiger partial charge on any atom is 0.234 e. The van der Waals surface area contributed by atoms with Gasteiger partial charge >= 0.3 is 0 Å². The van der Waals surface area contributed by atoms with Gasteiger partial charge in [-0.3, -0.25) is 14.5 Å². The molecule has 0 aromatic heterocycles. The van der Waals surface area contributed by atoms with Gasteiger partial charge in [0.15, 0.2) is 0 Å². The smallest absolute Gasteiger partial charge is 0.234 e. The van der Waals surface area contributed by atoms with Gasteiger partial charge in [0.25, 0.3) is 0 Å². The third kappa shape index (κ3) is 5.07. The van der Waals surface area contributed by atoms with Gasteiger partial charge in [-0.2, -0.15) is 0 Å². The lowest BCUT2D eigenvalue weighted by atomic mass is 9.94. The van der Waals surface area contributed by atoms with Gasteiger partial charge in [-0.25, -0.2) is 0 Å². The summed E-state index contributed by atoms with van der Waals surface area (Å²) in [5, 5.41) is 3.07. The standard InChI is InChI=1S/C21H31N3O2/c1-17(18-8-4-2-5-9-18)22-20(25)16-23-14-10-19(11-15-23)21(26)24-12-6-3-7-13-24/h2,4-5,8-9,17,19H,3,6-7,10-16H2,1H3,(H,22,25).